The van der Waals surface area contributed by atoms with Gasteiger partial charge in [0.05, 0.1) is 0 Å². The van der Waals surface area contributed by atoms with Crippen LogP contribution in [0.2, 0.25) is 0 Å². The quantitative estimate of drug-likeness (QED) is 0.572. The van der Waals surface area contributed by atoms with E-state index in [4.69, 9.17) is 9.84 Å². The van der Waals surface area contributed by atoms with Gasteiger partial charge in [-0.15, -0.1) is 0 Å². The number of hydrogen-bond acceptors (Lipinski definition) is 3. The molecule has 0 aromatic heterocycles. The number of carbonyl (C=O) groups is 1. The van der Waals surface area contributed by atoms with Crippen molar-refractivity contribution in [1.29, 1.82) is 0 Å². The smallest absolute Gasteiger partial charge is 0.320 e. The van der Waals surface area contributed by atoms with Crippen molar-refractivity contribution >= 4 is 5.97 Å². The van der Waals surface area contributed by atoms with Crippen LogP contribution < -0.4 is 5.32 Å². The Morgan fingerprint density at radius 1 is 1.57 bits per heavy atom. The molecule has 0 amide bonds. The number of carboxylic acids is 1. The first-order valence-electron chi connectivity index (χ1n) is 5.21. The summed E-state index contributed by atoms with van der Waals surface area (Å²) in [7, 11) is 1.68. The molecule has 1 fully saturated rings. The summed E-state index contributed by atoms with van der Waals surface area (Å²) in [5, 5.41) is 12.0. The molecule has 14 heavy (non-hydrogen) atoms. The molecule has 4 heteroatoms. The summed E-state index contributed by atoms with van der Waals surface area (Å²) in [5.74, 6) is -0.339. The molecular formula is C10H19NO3. The van der Waals surface area contributed by atoms with Gasteiger partial charge in [0.2, 0.25) is 0 Å². The van der Waals surface area contributed by atoms with Crippen molar-refractivity contribution in [2.24, 2.45) is 5.92 Å². The Balaban J connectivity index is 2.05. The van der Waals surface area contributed by atoms with Gasteiger partial charge in [-0.25, -0.2) is 0 Å². The number of carboxylic acid groups (broad SMARTS) is 1. The first-order chi connectivity index (χ1) is 6.75. The molecule has 0 aromatic rings. The van der Waals surface area contributed by atoms with Crippen molar-refractivity contribution in [3.8, 4) is 0 Å². The second-order valence-electron chi connectivity index (χ2n) is 3.81. The molecule has 82 valence electrons. The molecule has 0 bridgehead atoms. The van der Waals surface area contributed by atoms with Gasteiger partial charge in [-0.1, -0.05) is 0 Å². The lowest BCUT2D eigenvalue weighted by Gasteiger charge is -2.12. The Hall–Kier alpha value is -0.610. The van der Waals surface area contributed by atoms with Gasteiger partial charge >= 0.3 is 5.97 Å². The third-order valence-corrected chi connectivity index (χ3v) is 2.50. The van der Waals surface area contributed by atoms with Gasteiger partial charge in [0, 0.05) is 13.7 Å². The van der Waals surface area contributed by atoms with E-state index in [1.807, 2.05) is 0 Å². The van der Waals surface area contributed by atoms with Crippen LogP contribution in [0.1, 0.15) is 25.7 Å². The van der Waals surface area contributed by atoms with Crippen LogP contribution in [0.15, 0.2) is 0 Å². The molecule has 0 aliphatic heterocycles. The van der Waals surface area contributed by atoms with Gasteiger partial charge in [0.15, 0.2) is 0 Å². The average Bonchev–Trinajstić information content (AvgIpc) is 2.94. The molecule has 0 aromatic carbocycles. The highest BCUT2D eigenvalue weighted by Gasteiger charge is 2.35. The Morgan fingerprint density at radius 3 is 2.79 bits per heavy atom. The summed E-state index contributed by atoms with van der Waals surface area (Å²) in [4.78, 5) is 10.8. The Kier molecular flexibility index (Phi) is 4.90. The highest BCUT2D eigenvalue weighted by atomic mass is 16.5. The zero-order chi connectivity index (χ0) is 10.4. The predicted octanol–water partition coefficient (Wildman–Crippen LogP) is 0.866. The lowest BCUT2D eigenvalue weighted by Crippen LogP contribution is -2.39. The SMILES string of the molecule is COCCCCNC(C(=O)O)C1CC1. The number of nitrogens with one attached hydrogen (secondary N) is 1. The highest BCUT2D eigenvalue weighted by Crippen LogP contribution is 2.32. The summed E-state index contributed by atoms with van der Waals surface area (Å²) < 4.78 is 4.91. The van der Waals surface area contributed by atoms with Gasteiger partial charge in [0.25, 0.3) is 0 Å². The molecule has 0 heterocycles. The Morgan fingerprint density at radius 2 is 2.29 bits per heavy atom. The minimum atomic E-state index is -0.709. The number of rotatable bonds is 8. The van der Waals surface area contributed by atoms with Crippen LogP contribution in [-0.4, -0.2) is 37.4 Å². The van der Waals surface area contributed by atoms with E-state index in [0.29, 0.717) is 5.92 Å². The molecule has 1 saturated carbocycles. The molecule has 4 nitrogen and oxygen atoms in total. The molecule has 1 unspecified atom stereocenters. The molecule has 1 atom stereocenters. The second-order valence-corrected chi connectivity index (χ2v) is 3.81. The maximum Gasteiger partial charge on any atom is 0.320 e. The summed E-state index contributed by atoms with van der Waals surface area (Å²) >= 11 is 0. The fourth-order valence-electron chi connectivity index (χ4n) is 1.51. The summed E-state index contributed by atoms with van der Waals surface area (Å²) in [6.45, 7) is 1.53. The monoisotopic (exact) mass is 201 g/mol. The maximum absolute atomic E-state index is 10.8. The molecular weight excluding hydrogens is 182 g/mol. The standard InChI is InChI=1S/C10H19NO3/c1-14-7-3-2-6-11-9(10(12)13)8-4-5-8/h8-9,11H,2-7H2,1H3,(H,12,13). The molecule has 1 rings (SSSR count). The van der Waals surface area contributed by atoms with E-state index in [-0.39, 0.29) is 6.04 Å². The van der Waals surface area contributed by atoms with Gasteiger partial charge in [-0.3, -0.25) is 4.79 Å². The topological polar surface area (TPSA) is 58.6 Å². The number of unbranched alkanes of at least 4 members (excludes halogenated alkanes) is 1. The zero-order valence-corrected chi connectivity index (χ0v) is 8.66. The Bertz CT molecular complexity index is 180. The molecule has 2 N–H and O–H groups in total. The van der Waals surface area contributed by atoms with Gasteiger partial charge in [-0.05, 0) is 38.1 Å². The van der Waals surface area contributed by atoms with Crippen LogP contribution in [-0.2, 0) is 9.53 Å². The average molecular weight is 201 g/mol. The molecule has 0 spiro atoms. The predicted molar refractivity (Wildman–Crippen MR) is 53.3 cm³/mol. The fourth-order valence-corrected chi connectivity index (χ4v) is 1.51. The first-order valence-corrected chi connectivity index (χ1v) is 5.21. The zero-order valence-electron chi connectivity index (χ0n) is 8.66. The number of aliphatic carboxylic acids is 1. The maximum atomic E-state index is 10.8. The van der Waals surface area contributed by atoms with Crippen LogP contribution in [0.3, 0.4) is 0 Å². The lowest BCUT2D eigenvalue weighted by molar-refractivity contribution is -0.140. The third kappa shape index (κ3) is 4.07. The van der Waals surface area contributed by atoms with Crippen molar-refractivity contribution in [3.05, 3.63) is 0 Å². The number of methoxy groups -OCH3 is 1. The summed E-state index contributed by atoms with van der Waals surface area (Å²) in [6.07, 6.45) is 4.08. The lowest BCUT2D eigenvalue weighted by atomic mass is 10.2. The van der Waals surface area contributed by atoms with Crippen LogP contribution in [0.4, 0.5) is 0 Å². The van der Waals surface area contributed by atoms with Crippen molar-refractivity contribution in [3.63, 3.8) is 0 Å². The van der Waals surface area contributed by atoms with Crippen molar-refractivity contribution in [2.75, 3.05) is 20.3 Å². The van der Waals surface area contributed by atoms with Crippen molar-refractivity contribution in [2.45, 2.75) is 31.7 Å². The summed E-state index contributed by atoms with van der Waals surface area (Å²) in [5.41, 5.74) is 0. The Labute approximate surface area is 84.6 Å². The van der Waals surface area contributed by atoms with E-state index in [1.165, 1.54) is 0 Å². The minimum Gasteiger partial charge on any atom is -0.480 e. The van der Waals surface area contributed by atoms with Crippen molar-refractivity contribution in [1.82, 2.24) is 5.32 Å². The van der Waals surface area contributed by atoms with Crippen molar-refractivity contribution < 1.29 is 14.6 Å². The van der Waals surface area contributed by atoms with E-state index in [0.717, 1.165) is 38.8 Å². The van der Waals surface area contributed by atoms with Gasteiger partial charge in [-0.2, -0.15) is 0 Å². The normalized spacial score (nSPS) is 18.1. The second kappa shape index (κ2) is 5.98. The van der Waals surface area contributed by atoms with Crippen LogP contribution in [0.25, 0.3) is 0 Å². The van der Waals surface area contributed by atoms with E-state index in [9.17, 15) is 4.79 Å². The van der Waals surface area contributed by atoms with Gasteiger partial charge < -0.3 is 15.2 Å². The van der Waals surface area contributed by atoms with Crippen LogP contribution >= 0.6 is 0 Å². The number of hydrogen-bond donors (Lipinski definition) is 2. The molecule has 0 saturated heterocycles. The largest absolute Gasteiger partial charge is 0.480 e. The van der Waals surface area contributed by atoms with E-state index >= 15 is 0 Å². The van der Waals surface area contributed by atoms with E-state index in [1.54, 1.807) is 7.11 Å². The molecule has 1 aliphatic carbocycles. The molecule has 1 aliphatic rings. The van der Waals surface area contributed by atoms with Gasteiger partial charge in [0.1, 0.15) is 6.04 Å². The van der Waals surface area contributed by atoms with E-state index < -0.39 is 5.97 Å². The fraction of sp³-hybridized carbons (Fsp3) is 0.900. The van der Waals surface area contributed by atoms with E-state index in [2.05, 4.69) is 5.32 Å². The van der Waals surface area contributed by atoms with Crippen LogP contribution in [0.5, 0.6) is 0 Å². The minimum absolute atomic E-state index is 0.322. The summed E-state index contributed by atoms with van der Waals surface area (Å²) in [6, 6.07) is -0.322. The van der Waals surface area contributed by atoms with Crippen LogP contribution in [0, 0.1) is 5.92 Å². The third-order valence-electron chi connectivity index (χ3n) is 2.50. The number of ether oxygens (including phenoxy) is 1. The highest BCUT2D eigenvalue weighted by molar-refractivity contribution is 5.74. The molecule has 0 radical (unpaired) electrons. The first kappa shape index (κ1) is 11.5.